The fraction of sp³-hybridized carbons (Fsp3) is 0.211. The van der Waals surface area contributed by atoms with Crippen molar-refractivity contribution in [1.29, 1.82) is 0 Å². The number of methoxy groups -OCH3 is 2. The fourth-order valence-corrected chi connectivity index (χ4v) is 4.68. The summed E-state index contributed by atoms with van der Waals surface area (Å²) in [7, 11) is 1.92. The predicted octanol–water partition coefficient (Wildman–Crippen LogP) is 3.59. The Bertz CT molecular complexity index is 824. The lowest BCUT2D eigenvalue weighted by Gasteiger charge is -2.05. The second kappa shape index (κ2) is 8.44. The lowest BCUT2D eigenvalue weighted by atomic mass is 10.1. The summed E-state index contributed by atoms with van der Waals surface area (Å²) < 4.78 is 23.3. The highest BCUT2D eigenvalue weighted by Gasteiger charge is 2.18. The van der Waals surface area contributed by atoms with Gasteiger partial charge >= 0.3 is 0 Å². The van der Waals surface area contributed by atoms with Crippen molar-refractivity contribution in [2.24, 2.45) is 0 Å². The normalized spacial score (nSPS) is 12.0. The first-order valence-corrected chi connectivity index (χ1v) is 10.1. The van der Waals surface area contributed by atoms with Crippen molar-refractivity contribution in [3.05, 3.63) is 48.5 Å². The predicted molar refractivity (Wildman–Crippen MR) is 104 cm³/mol. The largest absolute Gasteiger partial charge is 0.497 e. The average molecular weight is 389 g/mol. The highest BCUT2D eigenvalue weighted by atomic mass is 32.2. The molecule has 5 nitrogen and oxygen atoms in total. The van der Waals surface area contributed by atoms with Crippen LogP contribution in [0.2, 0.25) is 0 Å². The zero-order valence-corrected chi connectivity index (χ0v) is 16.1. The Morgan fingerprint density at radius 3 is 2.00 bits per heavy atom. The lowest BCUT2D eigenvalue weighted by molar-refractivity contribution is 0.321. The number of rotatable bonds is 7. The van der Waals surface area contributed by atoms with Crippen LogP contribution in [0.3, 0.4) is 0 Å². The Balaban J connectivity index is 2.08. The third-order valence-electron chi connectivity index (χ3n) is 3.79. The smallest absolute Gasteiger partial charge is 0.181 e. The van der Waals surface area contributed by atoms with Crippen LogP contribution in [0.1, 0.15) is 0 Å². The molecule has 0 amide bonds. The Kier molecular flexibility index (Phi) is 6.03. The monoisotopic (exact) mass is 389 g/mol. The van der Waals surface area contributed by atoms with E-state index in [9.17, 15) is 4.21 Å². The molecule has 1 N–H and O–H groups in total. The second-order valence-electron chi connectivity index (χ2n) is 5.39. The van der Waals surface area contributed by atoms with Crippen LogP contribution >= 0.6 is 11.3 Å². The number of hydrogen-bond acceptors (Lipinski definition) is 6. The first-order valence-electron chi connectivity index (χ1n) is 7.95. The van der Waals surface area contributed by atoms with Crippen molar-refractivity contribution in [3.63, 3.8) is 0 Å². The molecule has 0 bridgehead atoms. The number of benzene rings is 2. The topological polar surface area (TPSA) is 68.7 Å². The zero-order chi connectivity index (χ0) is 18.5. The number of nitrogens with zero attached hydrogens (tertiary/aromatic N) is 1. The molecule has 2 aromatic carbocycles. The number of ether oxygens (including phenoxy) is 2. The summed E-state index contributed by atoms with van der Waals surface area (Å²) in [6, 6.07) is 15.3. The molecular formula is C19H19NO4S2. The van der Waals surface area contributed by atoms with Crippen LogP contribution < -0.4 is 9.47 Å². The van der Waals surface area contributed by atoms with Crippen molar-refractivity contribution < 1.29 is 18.8 Å². The van der Waals surface area contributed by atoms with Crippen molar-refractivity contribution in [3.8, 4) is 33.2 Å². The van der Waals surface area contributed by atoms with Gasteiger partial charge in [0.25, 0.3) is 0 Å². The van der Waals surface area contributed by atoms with E-state index in [1.807, 2.05) is 48.5 Å². The maximum atomic E-state index is 12.3. The highest BCUT2D eigenvalue weighted by molar-refractivity contribution is 7.87. The summed E-state index contributed by atoms with van der Waals surface area (Å²) in [5.41, 5.74) is 2.66. The van der Waals surface area contributed by atoms with Crippen LogP contribution in [0.5, 0.6) is 11.5 Å². The van der Waals surface area contributed by atoms with E-state index in [-0.39, 0.29) is 12.4 Å². The summed E-state index contributed by atoms with van der Waals surface area (Å²) in [6.07, 6.45) is 0. The van der Waals surface area contributed by atoms with Crippen LogP contribution in [-0.4, -0.2) is 40.9 Å². The van der Waals surface area contributed by atoms with Gasteiger partial charge in [0.05, 0.1) is 47.9 Å². The maximum Gasteiger partial charge on any atom is 0.181 e. The minimum Gasteiger partial charge on any atom is -0.497 e. The van der Waals surface area contributed by atoms with Gasteiger partial charge < -0.3 is 14.6 Å². The van der Waals surface area contributed by atoms with Gasteiger partial charge in [-0.2, -0.15) is 0 Å². The van der Waals surface area contributed by atoms with E-state index in [2.05, 4.69) is 4.98 Å². The Morgan fingerprint density at radius 1 is 0.962 bits per heavy atom. The minimum atomic E-state index is -1.32. The summed E-state index contributed by atoms with van der Waals surface area (Å²) in [5.74, 6) is 1.71. The Morgan fingerprint density at radius 2 is 1.50 bits per heavy atom. The third-order valence-corrected chi connectivity index (χ3v) is 6.54. The molecule has 3 aromatic rings. The summed E-state index contributed by atoms with van der Waals surface area (Å²) >= 11 is 1.38. The van der Waals surface area contributed by atoms with Gasteiger partial charge in [0, 0.05) is 5.56 Å². The quantitative estimate of drug-likeness (QED) is 0.669. The summed E-state index contributed by atoms with van der Waals surface area (Å²) in [4.78, 5) is 5.54. The third kappa shape index (κ3) is 3.95. The molecule has 0 aliphatic rings. The molecule has 26 heavy (non-hydrogen) atoms. The molecular weight excluding hydrogens is 370 g/mol. The average Bonchev–Trinajstić information content (AvgIpc) is 3.14. The Hall–Kier alpha value is -2.22. The van der Waals surface area contributed by atoms with Gasteiger partial charge in [-0.3, -0.25) is 4.21 Å². The maximum absolute atomic E-state index is 12.3. The van der Waals surface area contributed by atoms with Crippen molar-refractivity contribution in [2.75, 3.05) is 26.6 Å². The van der Waals surface area contributed by atoms with Gasteiger partial charge in [-0.25, -0.2) is 4.98 Å². The molecule has 3 rings (SSSR count). The molecule has 0 radical (unpaired) electrons. The van der Waals surface area contributed by atoms with Gasteiger partial charge in [0.15, 0.2) is 4.34 Å². The van der Waals surface area contributed by atoms with E-state index in [1.165, 1.54) is 11.3 Å². The molecule has 0 saturated carbocycles. The molecule has 1 unspecified atom stereocenters. The highest BCUT2D eigenvalue weighted by Crippen LogP contribution is 2.39. The van der Waals surface area contributed by atoms with E-state index in [0.717, 1.165) is 33.2 Å². The number of hydrogen-bond donors (Lipinski definition) is 1. The number of aromatic nitrogens is 1. The minimum absolute atomic E-state index is 0.137. The van der Waals surface area contributed by atoms with Crippen LogP contribution in [0.25, 0.3) is 21.7 Å². The molecule has 7 heteroatoms. The van der Waals surface area contributed by atoms with Gasteiger partial charge in [-0.05, 0) is 54.1 Å². The number of aliphatic hydroxyl groups is 1. The van der Waals surface area contributed by atoms with Crippen molar-refractivity contribution >= 4 is 22.1 Å². The molecule has 0 aliphatic heterocycles. The van der Waals surface area contributed by atoms with Crippen LogP contribution in [0.15, 0.2) is 52.9 Å². The first-order chi connectivity index (χ1) is 12.7. The standard InChI is InChI=1S/C19H19NO4S2/c1-23-15-7-3-13(4-8-15)17-18(14-5-9-16(24-2)10-6-14)25-19(20-17)26(22)12-11-21/h3-10,21H,11-12H2,1-2H3. The van der Waals surface area contributed by atoms with Crippen molar-refractivity contribution in [2.45, 2.75) is 4.34 Å². The Labute approximate surface area is 158 Å². The zero-order valence-electron chi connectivity index (χ0n) is 14.5. The molecule has 0 fully saturated rings. The van der Waals surface area contributed by atoms with E-state index in [0.29, 0.717) is 4.34 Å². The molecule has 0 spiro atoms. The van der Waals surface area contributed by atoms with E-state index in [4.69, 9.17) is 14.6 Å². The molecule has 0 saturated heterocycles. The molecule has 136 valence electrons. The van der Waals surface area contributed by atoms with E-state index in [1.54, 1.807) is 14.2 Å². The van der Waals surface area contributed by atoms with E-state index < -0.39 is 10.8 Å². The van der Waals surface area contributed by atoms with Crippen LogP contribution in [0, 0.1) is 0 Å². The SMILES string of the molecule is COc1ccc(-c2nc(S(=O)CCO)sc2-c2ccc(OC)cc2)cc1. The fourth-order valence-electron chi connectivity index (χ4n) is 2.45. The van der Waals surface area contributed by atoms with Gasteiger partial charge in [0.1, 0.15) is 11.5 Å². The molecule has 0 aliphatic carbocycles. The van der Waals surface area contributed by atoms with E-state index >= 15 is 0 Å². The van der Waals surface area contributed by atoms with Crippen LogP contribution in [0.4, 0.5) is 0 Å². The summed E-state index contributed by atoms with van der Waals surface area (Å²) in [6.45, 7) is -0.137. The molecule has 1 heterocycles. The number of aliphatic hydroxyl groups excluding tert-OH is 1. The molecule has 1 aromatic heterocycles. The lowest BCUT2D eigenvalue weighted by Crippen LogP contribution is -2.01. The van der Waals surface area contributed by atoms with Crippen LogP contribution in [-0.2, 0) is 10.8 Å². The van der Waals surface area contributed by atoms with Gasteiger partial charge in [-0.15, -0.1) is 11.3 Å². The van der Waals surface area contributed by atoms with Gasteiger partial charge in [0.2, 0.25) is 0 Å². The summed E-state index contributed by atoms with van der Waals surface area (Å²) in [5, 5.41) is 9.08. The first kappa shape index (κ1) is 18.6. The number of thiazole rings is 1. The van der Waals surface area contributed by atoms with Gasteiger partial charge in [-0.1, -0.05) is 0 Å². The van der Waals surface area contributed by atoms with Crippen molar-refractivity contribution in [1.82, 2.24) is 4.98 Å². The molecule has 1 atom stereocenters. The second-order valence-corrected chi connectivity index (χ2v) is 8.13.